The Kier molecular flexibility index (Phi) is 3.52. The second-order valence-corrected chi connectivity index (χ2v) is 2.89. The van der Waals surface area contributed by atoms with Gasteiger partial charge in [0.1, 0.15) is 6.29 Å². The van der Waals surface area contributed by atoms with Crippen LogP contribution in [0, 0.1) is 0 Å². The zero-order valence-corrected chi connectivity index (χ0v) is 7.05. The fraction of sp³-hybridized carbons (Fsp3) is 0.875. The van der Waals surface area contributed by atoms with Crippen molar-refractivity contribution < 1.29 is 4.79 Å². The van der Waals surface area contributed by atoms with Gasteiger partial charge in [0, 0.05) is 32.1 Å². The minimum Gasteiger partial charge on any atom is -0.314 e. The molecule has 0 spiro atoms. The van der Waals surface area contributed by atoms with Gasteiger partial charge in [0.25, 0.3) is 0 Å². The van der Waals surface area contributed by atoms with E-state index in [1.54, 1.807) is 0 Å². The van der Waals surface area contributed by atoms with Gasteiger partial charge >= 0.3 is 0 Å². The molecule has 0 saturated carbocycles. The van der Waals surface area contributed by atoms with Gasteiger partial charge in [-0.3, -0.25) is 4.90 Å². The summed E-state index contributed by atoms with van der Waals surface area (Å²) in [7, 11) is 0. The topological polar surface area (TPSA) is 32.3 Å². The second kappa shape index (κ2) is 4.46. The van der Waals surface area contributed by atoms with Gasteiger partial charge in [0.05, 0.1) is 0 Å². The number of piperazine rings is 1. The number of carbonyl (C=O) groups excluding carboxylic acids is 1. The van der Waals surface area contributed by atoms with Crippen LogP contribution < -0.4 is 5.32 Å². The lowest BCUT2D eigenvalue weighted by atomic mass is 10.1. The molecule has 0 amide bonds. The maximum Gasteiger partial charge on any atom is 0.121 e. The van der Waals surface area contributed by atoms with Gasteiger partial charge in [-0.15, -0.1) is 0 Å². The van der Waals surface area contributed by atoms with Crippen molar-refractivity contribution in [3.8, 4) is 0 Å². The predicted octanol–water partition coefficient (Wildman–Crippen LogP) is -0.131. The summed E-state index contributed by atoms with van der Waals surface area (Å²) in [6.07, 6.45) is 1.68. The van der Waals surface area contributed by atoms with E-state index in [0.29, 0.717) is 12.5 Å². The van der Waals surface area contributed by atoms with E-state index < -0.39 is 0 Å². The Balaban J connectivity index is 2.37. The van der Waals surface area contributed by atoms with Crippen LogP contribution in [0.3, 0.4) is 0 Å². The quantitative estimate of drug-likeness (QED) is 0.578. The highest BCUT2D eigenvalue weighted by atomic mass is 16.1. The van der Waals surface area contributed by atoms with E-state index in [4.69, 9.17) is 0 Å². The molecule has 1 N–H and O–H groups in total. The smallest absolute Gasteiger partial charge is 0.121 e. The molecule has 1 rings (SSSR count). The Morgan fingerprint density at radius 3 is 3.18 bits per heavy atom. The van der Waals surface area contributed by atoms with E-state index in [0.717, 1.165) is 32.5 Å². The zero-order chi connectivity index (χ0) is 8.10. The maximum atomic E-state index is 10.3. The lowest BCUT2D eigenvalue weighted by Crippen LogP contribution is -2.51. The largest absolute Gasteiger partial charge is 0.314 e. The summed E-state index contributed by atoms with van der Waals surface area (Å²) in [5, 5.41) is 3.28. The van der Waals surface area contributed by atoms with Crippen molar-refractivity contribution in [1.82, 2.24) is 10.2 Å². The van der Waals surface area contributed by atoms with Gasteiger partial charge in [-0.2, -0.15) is 0 Å². The van der Waals surface area contributed by atoms with E-state index in [-0.39, 0.29) is 0 Å². The molecule has 0 aromatic heterocycles. The molecule has 64 valence electrons. The summed E-state index contributed by atoms with van der Waals surface area (Å²) in [6, 6.07) is 0.436. The fourth-order valence-electron chi connectivity index (χ4n) is 1.56. The molecule has 1 fully saturated rings. The molecular weight excluding hydrogens is 140 g/mol. The van der Waals surface area contributed by atoms with Gasteiger partial charge < -0.3 is 10.1 Å². The van der Waals surface area contributed by atoms with Crippen LogP contribution in [0.15, 0.2) is 0 Å². The molecule has 1 aliphatic heterocycles. The third-order valence-corrected chi connectivity index (χ3v) is 2.25. The SMILES string of the molecule is CCN1CCNCC1CC=O. The highest BCUT2D eigenvalue weighted by Crippen LogP contribution is 2.04. The molecule has 1 saturated heterocycles. The number of hydrogen-bond donors (Lipinski definition) is 1. The summed E-state index contributed by atoms with van der Waals surface area (Å²) < 4.78 is 0. The van der Waals surface area contributed by atoms with Crippen LogP contribution in [0.2, 0.25) is 0 Å². The van der Waals surface area contributed by atoms with Crippen molar-refractivity contribution >= 4 is 6.29 Å². The Morgan fingerprint density at radius 1 is 1.73 bits per heavy atom. The minimum absolute atomic E-state index is 0.436. The van der Waals surface area contributed by atoms with Crippen LogP contribution >= 0.6 is 0 Å². The summed E-state index contributed by atoms with van der Waals surface area (Å²) >= 11 is 0. The average Bonchev–Trinajstić information content (AvgIpc) is 2.06. The number of nitrogens with one attached hydrogen (secondary N) is 1. The maximum absolute atomic E-state index is 10.3. The first-order valence-electron chi connectivity index (χ1n) is 4.27. The van der Waals surface area contributed by atoms with Gasteiger partial charge in [0.2, 0.25) is 0 Å². The standard InChI is InChI=1S/C8H16N2O/c1-2-10-5-4-9-7-8(10)3-6-11/h6,8-9H,2-5,7H2,1H3. The second-order valence-electron chi connectivity index (χ2n) is 2.89. The summed E-state index contributed by atoms with van der Waals surface area (Å²) in [6.45, 7) is 6.30. The predicted molar refractivity (Wildman–Crippen MR) is 44.6 cm³/mol. The molecule has 1 heterocycles. The van der Waals surface area contributed by atoms with E-state index in [1.807, 2.05) is 0 Å². The molecule has 0 aromatic carbocycles. The van der Waals surface area contributed by atoms with Gasteiger partial charge in [-0.25, -0.2) is 0 Å². The Hall–Kier alpha value is -0.410. The molecule has 0 aliphatic carbocycles. The average molecular weight is 156 g/mol. The Bertz CT molecular complexity index is 127. The van der Waals surface area contributed by atoms with Crippen LogP contribution in [-0.4, -0.2) is 43.4 Å². The number of carbonyl (C=O) groups is 1. The van der Waals surface area contributed by atoms with Crippen molar-refractivity contribution in [1.29, 1.82) is 0 Å². The highest BCUT2D eigenvalue weighted by molar-refractivity contribution is 5.50. The minimum atomic E-state index is 0.436. The number of rotatable bonds is 3. The van der Waals surface area contributed by atoms with Crippen LogP contribution in [0.1, 0.15) is 13.3 Å². The zero-order valence-electron chi connectivity index (χ0n) is 7.05. The third-order valence-electron chi connectivity index (χ3n) is 2.25. The number of aldehydes is 1. The summed E-state index contributed by atoms with van der Waals surface area (Å²) in [5.74, 6) is 0. The lowest BCUT2D eigenvalue weighted by Gasteiger charge is -2.34. The Labute approximate surface area is 67.8 Å². The van der Waals surface area contributed by atoms with Crippen LogP contribution in [0.5, 0.6) is 0 Å². The normalized spacial score (nSPS) is 26.8. The monoisotopic (exact) mass is 156 g/mol. The molecule has 3 heteroatoms. The molecule has 1 unspecified atom stereocenters. The molecule has 0 bridgehead atoms. The van der Waals surface area contributed by atoms with E-state index in [9.17, 15) is 4.79 Å². The van der Waals surface area contributed by atoms with Crippen molar-refractivity contribution in [2.75, 3.05) is 26.2 Å². The first-order chi connectivity index (χ1) is 5.38. The number of likely N-dealkylation sites (N-methyl/N-ethyl adjacent to an activating group) is 1. The van der Waals surface area contributed by atoms with Crippen LogP contribution in [0.4, 0.5) is 0 Å². The molecule has 11 heavy (non-hydrogen) atoms. The molecule has 3 nitrogen and oxygen atoms in total. The van der Waals surface area contributed by atoms with Crippen molar-refractivity contribution in [3.05, 3.63) is 0 Å². The van der Waals surface area contributed by atoms with Crippen molar-refractivity contribution in [2.45, 2.75) is 19.4 Å². The molecular formula is C8H16N2O. The molecule has 0 aromatic rings. The van der Waals surface area contributed by atoms with Gasteiger partial charge in [-0.1, -0.05) is 6.92 Å². The van der Waals surface area contributed by atoms with Crippen LogP contribution in [-0.2, 0) is 4.79 Å². The number of nitrogens with zero attached hydrogens (tertiary/aromatic N) is 1. The highest BCUT2D eigenvalue weighted by Gasteiger charge is 2.19. The van der Waals surface area contributed by atoms with Crippen LogP contribution in [0.25, 0.3) is 0 Å². The summed E-state index contributed by atoms with van der Waals surface area (Å²) in [5.41, 5.74) is 0. The summed E-state index contributed by atoms with van der Waals surface area (Å²) in [4.78, 5) is 12.6. The fourth-order valence-corrected chi connectivity index (χ4v) is 1.56. The first kappa shape index (κ1) is 8.68. The van der Waals surface area contributed by atoms with E-state index in [2.05, 4.69) is 17.1 Å². The molecule has 1 atom stereocenters. The van der Waals surface area contributed by atoms with E-state index >= 15 is 0 Å². The number of hydrogen-bond acceptors (Lipinski definition) is 3. The molecule has 1 aliphatic rings. The Morgan fingerprint density at radius 2 is 2.55 bits per heavy atom. The first-order valence-corrected chi connectivity index (χ1v) is 4.27. The third kappa shape index (κ3) is 2.27. The lowest BCUT2D eigenvalue weighted by molar-refractivity contribution is -0.109. The van der Waals surface area contributed by atoms with Gasteiger partial charge in [-0.05, 0) is 6.54 Å². The van der Waals surface area contributed by atoms with Crippen molar-refractivity contribution in [2.24, 2.45) is 0 Å². The molecule has 0 radical (unpaired) electrons. The van der Waals surface area contributed by atoms with Gasteiger partial charge in [0.15, 0.2) is 0 Å². The van der Waals surface area contributed by atoms with Crippen molar-refractivity contribution in [3.63, 3.8) is 0 Å². The van der Waals surface area contributed by atoms with E-state index in [1.165, 1.54) is 0 Å².